The van der Waals surface area contributed by atoms with Gasteiger partial charge in [-0.1, -0.05) is 12.1 Å². The van der Waals surface area contributed by atoms with E-state index in [9.17, 15) is 4.79 Å². The van der Waals surface area contributed by atoms with Gasteiger partial charge in [0.25, 0.3) is 5.91 Å². The molecule has 0 radical (unpaired) electrons. The van der Waals surface area contributed by atoms with E-state index in [4.69, 9.17) is 4.74 Å². The normalized spacial score (nSPS) is 16.9. The molecule has 1 atom stereocenters. The van der Waals surface area contributed by atoms with Crippen molar-refractivity contribution in [1.29, 1.82) is 0 Å². The van der Waals surface area contributed by atoms with Crippen LogP contribution < -0.4 is 4.74 Å². The van der Waals surface area contributed by atoms with Crippen molar-refractivity contribution >= 4 is 5.91 Å². The predicted octanol–water partition coefficient (Wildman–Crippen LogP) is 3.32. The summed E-state index contributed by atoms with van der Waals surface area (Å²) in [5.74, 6) is 1.28. The number of aromatic amines is 1. The predicted molar refractivity (Wildman–Crippen MR) is 99.8 cm³/mol. The van der Waals surface area contributed by atoms with Gasteiger partial charge in [0.2, 0.25) is 5.88 Å². The van der Waals surface area contributed by atoms with Gasteiger partial charge in [-0.25, -0.2) is 9.97 Å². The Balaban J connectivity index is 1.55. The van der Waals surface area contributed by atoms with Crippen LogP contribution in [-0.4, -0.2) is 43.8 Å². The first-order chi connectivity index (χ1) is 13.2. The largest absolute Gasteiger partial charge is 0.437 e. The van der Waals surface area contributed by atoms with Crippen molar-refractivity contribution in [1.82, 2.24) is 24.8 Å². The molecule has 1 aromatic carbocycles. The van der Waals surface area contributed by atoms with Crippen molar-refractivity contribution in [2.24, 2.45) is 0 Å². The molecule has 7 nitrogen and oxygen atoms in total. The molecule has 1 amide bonds. The van der Waals surface area contributed by atoms with Gasteiger partial charge in [-0.2, -0.15) is 0 Å². The first-order valence-corrected chi connectivity index (χ1v) is 9.04. The molecule has 0 bridgehead atoms. The summed E-state index contributed by atoms with van der Waals surface area (Å²) in [6.45, 7) is 3.33. The Kier molecular flexibility index (Phi) is 4.82. The summed E-state index contributed by atoms with van der Waals surface area (Å²) >= 11 is 0. The van der Waals surface area contributed by atoms with E-state index in [0.717, 1.165) is 36.4 Å². The topological polar surface area (TPSA) is 84.0 Å². The fraction of sp³-hybridized carbons (Fsp3) is 0.300. The summed E-state index contributed by atoms with van der Waals surface area (Å²) in [4.78, 5) is 30.2. The van der Waals surface area contributed by atoms with Gasteiger partial charge in [0.05, 0.1) is 12.5 Å². The van der Waals surface area contributed by atoms with Gasteiger partial charge in [0.15, 0.2) is 0 Å². The van der Waals surface area contributed by atoms with E-state index < -0.39 is 0 Å². The van der Waals surface area contributed by atoms with E-state index in [2.05, 4.69) is 19.9 Å². The molecule has 27 heavy (non-hydrogen) atoms. The van der Waals surface area contributed by atoms with Gasteiger partial charge in [0.1, 0.15) is 17.1 Å². The van der Waals surface area contributed by atoms with E-state index in [0.29, 0.717) is 18.1 Å². The molecule has 1 aliphatic heterocycles. The third kappa shape index (κ3) is 3.81. The number of hydrogen-bond acceptors (Lipinski definition) is 5. The molecule has 3 aromatic rings. The minimum Gasteiger partial charge on any atom is -0.437 e. The maximum absolute atomic E-state index is 12.6. The van der Waals surface area contributed by atoms with Gasteiger partial charge in [-0.05, 0) is 37.5 Å². The number of benzene rings is 1. The second kappa shape index (κ2) is 7.57. The third-order valence-corrected chi connectivity index (χ3v) is 4.72. The Hall–Kier alpha value is -3.22. The zero-order valence-corrected chi connectivity index (χ0v) is 15.1. The maximum Gasteiger partial charge on any atom is 0.271 e. The minimum atomic E-state index is -0.0396. The summed E-state index contributed by atoms with van der Waals surface area (Å²) in [5.41, 5.74) is 2.42. The number of ether oxygens (including phenoxy) is 1. The second-order valence-electron chi connectivity index (χ2n) is 6.72. The molecular weight excluding hydrogens is 342 g/mol. The fourth-order valence-corrected chi connectivity index (χ4v) is 3.41. The van der Waals surface area contributed by atoms with Gasteiger partial charge in [-0.15, -0.1) is 0 Å². The first-order valence-electron chi connectivity index (χ1n) is 9.04. The number of amides is 1. The molecular formula is C20H21N5O2. The van der Waals surface area contributed by atoms with Crippen molar-refractivity contribution in [3.8, 4) is 11.6 Å². The van der Waals surface area contributed by atoms with Crippen LogP contribution in [0.1, 0.15) is 40.5 Å². The Morgan fingerprint density at radius 2 is 2.19 bits per heavy atom. The molecule has 0 unspecified atom stereocenters. The number of likely N-dealkylation sites (tertiary alicyclic amines) is 1. The zero-order chi connectivity index (χ0) is 18.6. The van der Waals surface area contributed by atoms with Crippen molar-refractivity contribution in [3.63, 3.8) is 0 Å². The summed E-state index contributed by atoms with van der Waals surface area (Å²) in [6.07, 6.45) is 8.23. The lowest BCUT2D eigenvalue weighted by Gasteiger charge is -2.32. The number of nitrogens with one attached hydrogen (secondary N) is 1. The van der Waals surface area contributed by atoms with Crippen LogP contribution in [-0.2, 0) is 0 Å². The molecule has 0 spiro atoms. The van der Waals surface area contributed by atoms with Crippen LogP contribution in [0.25, 0.3) is 0 Å². The summed E-state index contributed by atoms with van der Waals surface area (Å²) < 4.78 is 6.02. The Labute approximate surface area is 157 Å². The van der Waals surface area contributed by atoms with E-state index in [1.165, 1.54) is 6.33 Å². The molecule has 138 valence electrons. The first kappa shape index (κ1) is 17.2. The number of imidazole rings is 1. The number of carbonyl (C=O) groups excluding carboxylic acids is 1. The number of aromatic nitrogens is 4. The molecule has 0 saturated carbocycles. The van der Waals surface area contributed by atoms with Crippen LogP contribution in [0, 0.1) is 6.92 Å². The van der Waals surface area contributed by atoms with Gasteiger partial charge < -0.3 is 14.6 Å². The molecule has 1 N–H and O–H groups in total. The van der Waals surface area contributed by atoms with Gasteiger partial charge in [-0.3, -0.25) is 9.78 Å². The van der Waals surface area contributed by atoms with Crippen molar-refractivity contribution in [2.45, 2.75) is 25.7 Å². The van der Waals surface area contributed by atoms with Crippen LogP contribution in [0.15, 0.2) is 49.2 Å². The van der Waals surface area contributed by atoms with Crippen LogP contribution >= 0.6 is 0 Å². The lowest BCUT2D eigenvalue weighted by atomic mass is 9.94. The molecule has 1 fully saturated rings. The van der Waals surface area contributed by atoms with Crippen LogP contribution in [0.4, 0.5) is 0 Å². The van der Waals surface area contributed by atoms with Crippen molar-refractivity contribution in [2.75, 3.05) is 13.1 Å². The molecule has 0 aliphatic carbocycles. The fourth-order valence-electron chi connectivity index (χ4n) is 3.41. The van der Waals surface area contributed by atoms with E-state index in [1.54, 1.807) is 18.6 Å². The molecule has 4 rings (SSSR count). The number of carbonyl (C=O) groups is 1. The quantitative estimate of drug-likeness (QED) is 0.769. The number of aryl methyl sites for hydroxylation is 1. The van der Waals surface area contributed by atoms with Crippen LogP contribution in [0.5, 0.6) is 11.6 Å². The van der Waals surface area contributed by atoms with E-state index in [-0.39, 0.29) is 11.8 Å². The van der Waals surface area contributed by atoms with E-state index >= 15 is 0 Å². The summed E-state index contributed by atoms with van der Waals surface area (Å²) in [5, 5.41) is 0. The van der Waals surface area contributed by atoms with Crippen LogP contribution in [0.2, 0.25) is 0 Å². The average molecular weight is 363 g/mol. The Bertz CT molecular complexity index is 926. The molecule has 3 heterocycles. The SMILES string of the molecule is Cc1cccc(Oc2nccnc2[C@@H]2CCCN(C(=O)c3cnc[nH]3)C2)c1. The minimum absolute atomic E-state index is 0.0396. The van der Waals surface area contributed by atoms with E-state index in [1.807, 2.05) is 36.1 Å². The maximum atomic E-state index is 12.6. The number of nitrogens with zero attached hydrogens (tertiary/aromatic N) is 4. The number of H-pyrrole nitrogens is 1. The lowest BCUT2D eigenvalue weighted by Crippen LogP contribution is -2.39. The smallest absolute Gasteiger partial charge is 0.271 e. The highest BCUT2D eigenvalue weighted by molar-refractivity contribution is 5.92. The lowest BCUT2D eigenvalue weighted by molar-refractivity contribution is 0.0699. The monoisotopic (exact) mass is 363 g/mol. The molecule has 1 aliphatic rings. The third-order valence-electron chi connectivity index (χ3n) is 4.72. The highest BCUT2D eigenvalue weighted by Gasteiger charge is 2.29. The molecule has 2 aromatic heterocycles. The van der Waals surface area contributed by atoms with Crippen LogP contribution in [0.3, 0.4) is 0 Å². The summed E-state index contributed by atoms with van der Waals surface area (Å²) in [6, 6.07) is 7.84. The number of rotatable bonds is 4. The Morgan fingerprint density at radius 3 is 3.00 bits per heavy atom. The standard InChI is InChI=1S/C20H21N5O2/c1-14-4-2-6-16(10-14)27-19-18(22-7-8-23-19)15-5-3-9-25(12-15)20(26)17-11-21-13-24-17/h2,4,6-8,10-11,13,15H,3,5,9,12H2,1H3,(H,21,24)/t15-/m1/s1. The number of hydrogen-bond donors (Lipinski definition) is 1. The average Bonchev–Trinajstić information content (AvgIpc) is 3.23. The van der Waals surface area contributed by atoms with Gasteiger partial charge >= 0.3 is 0 Å². The van der Waals surface area contributed by atoms with Crippen molar-refractivity contribution in [3.05, 3.63) is 66.1 Å². The van der Waals surface area contributed by atoms with Gasteiger partial charge in [0, 0.05) is 31.4 Å². The highest BCUT2D eigenvalue weighted by atomic mass is 16.5. The Morgan fingerprint density at radius 1 is 1.30 bits per heavy atom. The second-order valence-corrected chi connectivity index (χ2v) is 6.72. The van der Waals surface area contributed by atoms with Crippen molar-refractivity contribution < 1.29 is 9.53 Å². The molecule has 7 heteroatoms. The zero-order valence-electron chi connectivity index (χ0n) is 15.1. The number of piperidine rings is 1. The molecule has 1 saturated heterocycles. The summed E-state index contributed by atoms with van der Waals surface area (Å²) in [7, 11) is 0. The highest BCUT2D eigenvalue weighted by Crippen LogP contribution is 2.33.